The van der Waals surface area contributed by atoms with Gasteiger partial charge in [0, 0.05) is 18.8 Å². The van der Waals surface area contributed by atoms with E-state index in [2.05, 4.69) is 9.97 Å². The largest absolute Gasteiger partial charge is 0.334 e. The Morgan fingerprint density at radius 1 is 1.35 bits per heavy atom. The molecule has 0 aromatic carbocycles. The number of carbonyl (C=O) groups is 1. The van der Waals surface area contributed by atoms with E-state index < -0.39 is 0 Å². The molecule has 5 nitrogen and oxygen atoms in total. The number of rotatable bonds is 3. The van der Waals surface area contributed by atoms with Gasteiger partial charge in [-0.25, -0.2) is 4.98 Å². The van der Waals surface area contributed by atoms with E-state index in [-0.39, 0.29) is 36.8 Å². The molecule has 1 aliphatic heterocycles. The third-order valence-electron chi connectivity index (χ3n) is 3.39. The molecule has 0 saturated carbocycles. The van der Waals surface area contributed by atoms with Crippen LogP contribution in [0, 0.1) is 6.92 Å². The number of hydrogen-bond donors (Lipinski definition) is 1. The highest BCUT2D eigenvalue weighted by Crippen LogP contribution is 2.20. The van der Waals surface area contributed by atoms with E-state index in [0.29, 0.717) is 12.2 Å². The molecule has 7 heteroatoms. The first kappa shape index (κ1) is 19.1. The first-order chi connectivity index (χ1) is 8.72. The molecule has 1 unspecified atom stereocenters. The van der Waals surface area contributed by atoms with Crippen LogP contribution in [0.25, 0.3) is 0 Å². The van der Waals surface area contributed by atoms with Crippen LogP contribution >= 0.6 is 24.8 Å². The molecule has 2 heterocycles. The van der Waals surface area contributed by atoms with E-state index in [9.17, 15) is 4.79 Å². The number of carbonyl (C=O) groups excluding carboxylic acids is 1. The Bertz CT molecular complexity index is 411. The summed E-state index contributed by atoms with van der Waals surface area (Å²) < 4.78 is 0. The van der Waals surface area contributed by atoms with Crippen molar-refractivity contribution >= 4 is 30.7 Å². The first-order valence-electron chi connectivity index (χ1n) is 6.52. The van der Waals surface area contributed by atoms with Gasteiger partial charge in [0.25, 0.3) is 5.91 Å². The van der Waals surface area contributed by atoms with Crippen LogP contribution in [-0.2, 0) is 0 Å². The number of halogens is 2. The fourth-order valence-corrected chi connectivity index (χ4v) is 2.41. The lowest BCUT2D eigenvalue weighted by atomic mass is 9.99. The molecule has 0 bridgehead atoms. The van der Waals surface area contributed by atoms with Crippen molar-refractivity contribution in [1.82, 2.24) is 14.9 Å². The maximum absolute atomic E-state index is 12.4. The zero-order valence-electron chi connectivity index (χ0n) is 11.6. The smallest absolute Gasteiger partial charge is 0.274 e. The van der Waals surface area contributed by atoms with Crippen LogP contribution in [0.5, 0.6) is 0 Å². The molecule has 2 rings (SSSR count). The number of likely N-dealkylation sites (tertiary alicyclic amines) is 1. The quantitative estimate of drug-likeness (QED) is 0.924. The average Bonchev–Trinajstić information content (AvgIpc) is 2.40. The number of aromatic nitrogens is 2. The molecule has 1 aromatic heterocycles. The van der Waals surface area contributed by atoms with Crippen molar-refractivity contribution < 1.29 is 4.79 Å². The minimum Gasteiger partial charge on any atom is -0.334 e. The summed E-state index contributed by atoms with van der Waals surface area (Å²) in [7, 11) is 0. The van der Waals surface area contributed by atoms with Crippen LogP contribution in [0.4, 0.5) is 0 Å². The number of nitrogens with two attached hydrogens (primary N) is 1. The predicted molar refractivity (Wildman–Crippen MR) is 83.6 cm³/mol. The lowest BCUT2D eigenvalue weighted by Gasteiger charge is -2.35. The first-order valence-corrected chi connectivity index (χ1v) is 6.52. The average molecular weight is 321 g/mol. The van der Waals surface area contributed by atoms with Gasteiger partial charge in [0.05, 0.1) is 11.9 Å². The Balaban J connectivity index is 0.00000180. The molecule has 0 spiro atoms. The summed E-state index contributed by atoms with van der Waals surface area (Å²) in [6.45, 7) is 3.28. The van der Waals surface area contributed by atoms with E-state index in [0.717, 1.165) is 31.5 Å². The molecule has 114 valence electrons. The lowest BCUT2D eigenvalue weighted by molar-refractivity contribution is 0.0598. The topological polar surface area (TPSA) is 72.1 Å². The zero-order valence-corrected chi connectivity index (χ0v) is 13.3. The number of hydrogen-bond acceptors (Lipinski definition) is 4. The minimum atomic E-state index is -0.0133. The molecule has 0 aliphatic carbocycles. The Kier molecular flexibility index (Phi) is 8.69. The molecule has 20 heavy (non-hydrogen) atoms. The van der Waals surface area contributed by atoms with Gasteiger partial charge in [0.2, 0.25) is 0 Å². The molecule has 1 aromatic rings. The Labute approximate surface area is 132 Å². The number of nitrogens with zero attached hydrogens (tertiary/aromatic N) is 3. The van der Waals surface area contributed by atoms with Crippen LogP contribution in [0.3, 0.4) is 0 Å². The summed E-state index contributed by atoms with van der Waals surface area (Å²) in [5.74, 6) is -0.0133. The Hall–Kier alpha value is -0.910. The Morgan fingerprint density at radius 2 is 2.10 bits per heavy atom. The fraction of sp³-hybridized carbons (Fsp3) is 0.615. The summed E-state index contributed by atoms with van der Waals surface area (Å²) in [4.78, 5) is 22.6. The van der Waals surface area contributed by atoms with Gasteiger partial charge >= 0.3 is 0 Å². The Morgan fingerprint density at radius 3 is 2.70 bits per heavy atom. The van der Waals surface area contributed by atoms with Crippen LogP contribution < -0.4 is 5.73 Å². The SMILES string of the molecule is Cc1cnc(C(=O)N2CCCCC2CCN)cn1.Cl.Cl. The van der Waals surface area contributed by atoms with Crippen molar-refractivity contribution in [3.63, 3.8) is 0 Å². The van der Waals surface area contributed by atoms with Gasteiger partial charge in [-0.2, -0.15) is 0 Å². The number of aryl methyl sites for hydroxylation is 1. The van der Waals surface area contributed by atoms with Gasteiger partial charge in [0.15, 0.2) is 0 Å². The number of piperidine rings is 1. The molecular weight excluding hydrogens is 299 g/mol. The molecule has 1 atom stereocenters. The summed E-state index contributed by atoms with van der Waals surface area (Å²) in [5.41, 5.74) is 6.87. The van der Waals surface area contributed by atoms with E-state index in [1.54, 1.807) is 12.4 Å². The molecule has 1 amide bonds. The minimum absolute atomic E-state index is 0. The van der Waals surface area contributed by atoms with Gasteiger partial charge in [0.1, 0.15) is 5.69 Å². The fourth-order valence-electron chi connectivity index (χ4n) is 2.41. The lowest BCUT2D eigenvalue weighted by Crippen LogP contribution is -2.44. The van der Waals surface area contributed by atoms with Gasteiger partial charge in [-0.15, -0.1) is 24.8 Å². The second kappa shape index (κ2) is 9.10. The van der Waals surface area contributed by atoms with Crippen molar-refractivity contribution in [2.45, 2.75) is 38.6 Å². The second-order valence-electron chi connectivity index (χ2n) is 4.77. The van der Waals surface area contributed by atoms with E-state index >= 15 is 0 Å². The molecule has 1 saturated heterocycles. The van der Waals surface area contributed by atoms with Crippen LogP contribution in [0.2, 0.25) is 0 Å². The van der Waals surface area contributed by atoms with E-state index in [4.69, 9.17) is 5.73 Å². The van der Waals surface area contributed by atoms with Gasteiger partial charge in [-0.05, 0) is 39.2 Å². The molecule has 1 aliphatic rings. The molecule has 0 radical (unpaired) electrons. The van der Waals surface area contributed by atoms with Crippen LogP contribution in [0.1, 0.15) is 41.9 Å². The highest BCUT2D eigenvalue weighted by Gasteiger charge is 2.27. The van der Waals surface area contributed by atoms with Crippen LogP contribution in [-0.4, -0.2) is 39.9 Å². The third kappa shape index (κ3) is 4.58. The van der Waals surface area contributed by atoms with Gasteiger partial charge < -0.3 is 10.6 Å². The molecular formula is C13H22Cl2N4O. The standard InChI is InChI=1S/C13H20N4O.2ClH/c1-10-8-16-12(9-15-10)13(18)17-7-3-2-4-11(17)5-6-14;;/h8-9,11H,2-7,14H2,1H3;2*1H. The molecule has 1 fully saturated rings. The summed E-state index contributed by atoms with van der Waals surface area (Å²) >= 11 is 0. The summed E-state index contributed by atoms with van der Waals surface area (Å²) in [6.07, 6.45) is 7.34. The van der Waals surface area contributed by atoms with E-state index in [1.807, 2.05) is 11.8 Å². The third-order valence-corrected chi connectivity index (χ3v) is 3.39. The normalized spacial score (nSPS) is 17.9. The predicted octanol–water partition coefficient (Wildman–Crippen LogP) is 1.97. The number of amides is 1. The maximum Gasteiger partial charge on any atom is 0.274 e. The van der Waals surface area contributed by atoms with Crippen LogP contribution in [0.15, 0.2) is 12.4 Å². The summed E-state index contributed by atoms with van der Waals surface area (Å²) in [5, 5.41) is 0. The maximum atomic E-state index is 12.4. The molecule has 2 N–H and O–H groups in total. The van der Waals surface area contributed by atoms with Crippen molar-refractivity contribution in [3.05, 3.63) is 23.8 Å². The van der Waals surface area contributed by atoms with Gasteiger partial charge in [-0.1, -0.05) is 0 Å². The highest BCUT2D eigenvalue weighted by molar-refractivity contribution is 5.92. The van der Waals surface area contributed by atoms with Crippen molar-refractivity contribution in [2.75, 3.05) is 13.1 Å². The highest BCUT2D eigenvalue weighted by atomic mass is 35.5. The van der Waals surface area contributed by atoms with Gasteiger partial charge in [-0.3, -0.25) is 9.78 Å². The summed E-state index contributed by atoms with van der Waals surface area (Å²) in [6, 6.07) is 0.263. The zero-order chi connectivity index (χ0) is 13.0. The van der Waals surface area contributed by atoms with Crippen molar-refractivity contribution in [3.8, 4) is 0 Å². The second-order valence-corrected chi connectivity index (χ2v) is 4.77. The van der Waals surface area contributed by atoms with Crippen molar-refractivity contribution in [2.24, 2.45) is 5.73 Å². The monoisotopic (exact) mass is 320 g/mol. The van der Waals surface area contributed by atoms with E-state index in [1.165, 1.54) is 6.42 Å². The van der Waals surface area contributed by atoms with Crippen molar-refractivity contribution in [1.29, 1.82) is 0 Å².